The Kier molecular flexibility index (Phi) is 5.89. The fraction of sp³-hybridized carbons (Fsp3) is 0.222. The first-order valence-electron chi connectivity index (χ1n) is 7.48. The highest BCUT2D eigenvalue weighted by Crippen LogP contribution is 2.23. The van der Waals surface area contributed by atoms with Crippen LogP contribution in [0.25, 0.3) is 0 Å². The average molecular weight is 330 g/mol. The van der Waals surface area contributed by atoms with Gasteiger partial charge in [0.25, 0.3) is 5.91 Å². The fourth-order valence-electron chi connectivity index (χ4n) is 2.31. The Morgan fingerprint density at radius 3 is 2.58 bits per heavy atom. The van der Waals surface area contributed by atoms with Crippen LogP contribution < -0.4 is 15.4 Å². The first-order chi connectivity index (χ1) is 11.5. The third-order valence-corrected chi connectivity index (χ3v) is 3.40. The molecule has 0 aliphatic carbocycles. The minimum absolute atomic E-state index is 0.0106. The molecule has 2 aromatic rings. The lowest BCUT2D eigenvalue weighted by Crippen LogP contribution is -2.26. The van der Waals surface area contributed by atoms with Gasteiger partial charge in [-0.15, -0.1) is 0 Å². The van der Waals surface area contributed by atoms with Gasteiger partial charge in [-0.05, 0) is 42.3 Å². The summed E-state index contributed by atoms with van der Waals surface area (Å²) in [5.74, 6) is -0.534. The minimum atomic E-state index is -0.555. The van der Waals surface area contributed by atoms with E-state index in [0.29, 0.717) is 24.4 Å². The van der Waals surface area contributed by atoms with Gasteiger partial charge < -0.3 is 15.4 Å². The van der Waals surface area contributed by atoms with Gasteiger partial charge in [0.15, 0.2) is 0 Å². The van der Waals surface area contributed by atoms with E-state index < -0.39 is 11.7 Å². The number of hydrogen-bond donors (Lipinski definition) is 2. The second-order valence-electron chi connectivity index (χ2n) is 5.19. The molecule has 0 aromatic heterocycles. The van der Waals surface area contributed by atoms with Crippen LogP contribution in [0.15, 0.2) is 42.5 Å². The number of nitrogens with one attached hydrogen (secondary N) is 2. The highest BCUT2D eigenvalue weighted by Gasteiger charge is 2.11. The smallest absolute Gasteiger partial charge is 0.254 e. The predicted octanol–water partition coefficient (Wildman–Crippen LogP) is 2.77. The number of rotatable bonds is 6. The van der Waals surface area contributed by atoms with Gasteiger partial charge in [-0.25, -0.2) is 4.39 Å². The topological polar surface area (TPSA) is 67.4 Å². The Labute approximate surface area is 139 Å². The molecule has 5 nitrogen and oxygen atoms in total. The van der Waals surface area contributed by atoms with Crippen LogP contribution >= 0.6 is 0 Å². The van der Waals surface area contributed by atoms with E-state index in [2.05, 4.69) is 10.6 Å². The Morgan fingerprint density at radius 2 is 1.92 bits per heavy atom. The number of ether oxygens (including phenoxy) is 1. The number of amides is 2. The third-order valence-electron chi connectivity index (χ3n) is 3.40. The SMILES string of the molecule is COc1ccc(NC(C)=O)cc1CCNC(=O)c1ccccc1F. The maximum absolute atomic E-state index is 13.6. The summed E-state index contributed by atoms with van der Waals surface area (Å²) in [6.07, 6.45) is 0.483. The lowest BCUT2D eigenvalue weighted by Gasteiger charge is -2.12. The van der Waals surface area contributed by atoms with Gasteiger partial charge in [0.1, 0.15) is 11.6 Å². The summed E-state index contributed by atoms with van der Waals surface area (Å²) in [6.45, 7) is 1.74. The second kappa shape index (κ2) is 8.10. The van der Waals surface area contributed by atoms with Crippen molar-refractivity contribution < 1.29 is 18.7 Å². The zero-order valence-electron chi connectivity index (χ0n) is 13.6. The molecule has 0 bridgehead atoms. The summed E-state index contributed by atoms with van der Waals surface area (Å²) < 4.78 is 18.8. The van der Waals surface area contributed by atoms with E-state index in [0.717, 1.165) is 5.56 Å². The highest BCUT2D eigenvalue weighted by atomic mass is 19.1. The van der Waals surface area contributed by atoms with Crippen LogP contribution in [0.4, 0.5) is 10.1 Å². The number of carbonyl (C=O) groups is 2. The first-order valence-corrected chi connectivity index (χ1v) is 7.48. The molecule has 0 radical (unpaired) electrons. The molecule has 126 valence electrons. The van der Waals surface area contributed by atoms with E-state index in [4.69, 9.17) is 4.74 Å². The van der Waals surface area contributed by atoms with Crippen molar-refractivity contribution in [1.82, 2.24) is 5.32 Å². The number of anilines is 1. The van der Waals surface area contributed by atoms with Crippen LogP contribution in [-0.4, -0.2) is 25.5 Å². The normalized spacial score (nSPS) is 10.1. The molecule has 2 N–H and O–H groups in total. The molecule has 0 spiro atoms. The van der Waals surface area contributed by atoms with Crippen molar-refractivity contribution in [2.24, 2.45) is 0 Å². The first kappa shape index (κ1) is 17.5. The molecule has 2 aromatic carbocycles. The quantitative estimate of drug-likeness (QED) is 0.856. The maximum Gasteiger partial charge on any atom is 0.254 e. The Balaban J connectivity index is 2.01. The Morgan fingerprint density at radius 1 is 1.17 bits per heavy atom. The monoisotopic (exact) mass is 330 g/mol. The predicted molar refractivity (Wildman–Crippen MR) is 89.7 cm³/mol. The van der Waals surface area contributed by atoms with Crippen LogP contribution in [-0.2, 0) is 11.2 Å². The third kappa shape index (κ3) is 4.55. The summed E-state index contributed by atoms with van der Waals surface area (Å²) in [7, 11) is 1.55. The number of hydrogen-bond acceptors (Lipinski definition) is 3. The summed E-state index contributed by atoms with van der Waals surface area (Å²) in [4.78, 5) is 23.1. The van der Waals surface area contributed by atoms with Crippen molar-refractivity contribution in [2.45, 2.75) is 13.3 Å². The molecule has 0 aliphatic heterocycles. The van der Waals surface area contributed by atoms with E-state index in [1.807, 2.05) is 0 Å². The van der Waals surface area contributed by atoms with E-state index >= 15 is 0 Å². The van der Waals surface area contributed by atoms with E-state index in [1.165, 1.54) is 25.1 Å². The molecular formula is C18H19FN2O3. The molecular weight excluding hydrogens is 311 g/mol. The lowest BCUT2D eigenvalue weighted by molar-refractivity contribution is -0.114. The number of halogens is 1. The van der Waals surface area contributed by atoms with Crippen molar-refractivity contribution in [3.05, 3.63) is 59.4 Å². The van der Waals surface area contributed by atoms with Crippen LogP contribution in [0.1, 0.15) is 22.8 Å². The van der Waals surface area contributed by atoms with Crippen LogP contribution in [0, 0.1) is 5.82 Å². The van der Waals surface area contributed by atoms with Crippen LogP contribution in [0.3, 0.4) is 0 Å². The Hall–Kier alpha value is -2.89. The Bertz CT molecular complexity index is 747. The molecule has 6 heteroatoms. The maximum atomic E-state index is 13.6. The average Bonchev–Trinajstić information content (AvgIpc) is 2.55. The number of benzene rings is 2. The molecule has 2 amide bonds. The number of methoxy groups -OCH3 is 1. The molecule has 24 heavy (non-hydrogen) atoms. The molecule has 2 rings (SSSR count). The van der Waals surface area contributed by atoms with Crippen molar-refractivity contribution in [3.63, 3.8) is 0 Å². The standard InChI is InChI=1S/C18H19FN2O3/c1-12(22)21-14-7-8-17(24-2)13(11-14)9-10-20-18(23)15-5-3-4-6-16(15)19/h3-8,11H,9-10H2,1-2H3,(H,20,23)(H,21,22). The largest absolute Gasteiger partial charge is 0.496 e. The summed E-state index contributed by atoms with van der Waals surface area (Å²) in [6, 6.07) is 11.1. The van der Waals surface area contributed by atoms with E-state index in [9.17, 15) is 14.0 Å². The van der Waals surface area contributed by atoms with Gasteiger partial charge >= 0.3 is 0 Å². The summed E-state index contributed by atoms with van der Waals surface area (Å²) in [5.41, 5.74) is 1.49. The molecule has 0 saturated carbocycles. The highest BCUT2D eigenvalue weighted by molar-refractivity contribution is 5.94. The molecule has 0 aliphatic rings. The summed E-state index contributed by atoms with van der Waals surface area (Å²) >= 11 is 0. The van der Waals surface area contributed by atoms with Crippen molar-refractivity contribution >= 4 is 17.5 Å². The van der Waals surface area contributed by atoms with Gasteiger partial charge in [0.05, 0.1) is 12.7 Å². The molecule has 0 saturated heterocycles. The van der Waals surface area contributed by atoms with Crippen molar-refractivity contribution in [3.8, 4) is 5.75 Å². The van der Waals surface area contributed by atoms with Crippen molar-refractivity contribution in [1.29, 1.82) is 0 Å². The molecule has 0 heterocycles. The molecule has 0 unspecified atom stereocenters. The number of carbonyl (C=O) groups excluding carboxylic acids is 2. The van der Waals surface area contributed by atoms with Gasteiger partial charge in [-0.3, -0.25) is 9.59 Å². The fourth-order valence-corrected chi connectivity index (χ4v) is 2.31. The van der Waals surface area contributed by atoms with Crippen LogP contribution in [0.5, 0.6) is 5.75 Å². The zero-order valence-corrected chi connectivity index (χ0v) is 13.6. The van der Waals surface area contributed by atoms with Gasteiger partial charge in [-0.1, -0.05) is 12.1 Å². The lowest BCUT2D eigenvalue weighted by atomic mass is 10.1. The minimum Gasteiger partial charge on any atom is -0.496 e. The van der Waals surface area contributed by atoms with Gasteiger partial charge in [0, 0.05) is 19.2 Å². The molecule has 0 fully saturated rings. The van der Waals surface area contributed by atoms with E-state index in [-0.39, 0.29) is 11.5 Å². The summed E-state index contributed by atoms with van der Waals surface area (Å²) in [5, 5.41) is 5.38. The second-order valence-corrected chi connectivity index (χ2v) is 5.19. The van der Waals surface area contributed by atoms with Crippen LogP contribution in [0.2, 0.25) is 0 Å². The van der Waals surface area contributed by atoms with Gasteiger partial charge in [-0.2, -0.15) is 0 Å². The molecule has 0 atom stereocenters. The van der Waals surface area contributed by atoms with E-state index in [1.54, 1.807) is 31.4 Å². The van der Waals surface area contributed by atoms with Gasteiger partial charge in [0.2, 0.25) is 5.91 Å². The zero-order chi connectivity index (χ0) is 17.5. The van der Waals surface area contributed by atoms with Crippen molar-refractivity contribution in [2.75, 3.05) is 19.0 Å².